The summed E-state index contributed by atoms with van der Waals surface area (Å²) in [5.41, 5.74) is 8.21. The van der Waals surface area contributed by atoms with E-state index in [4.69, 9.17) is 5.73 Å². The molecule has 1 heterocycles. The highest BCUT2D eigenvalue weighted by Gasteiger charge is 2.12. The van der Waals surface area contributed by atoms with E-state index in [0.717, 1.165) is 18.7 Å². The third-order valence-electron chi connectivity index (χ3n) is 3.43. The Kier molecular flexibility index (Phi) is 5.32. The summed E-state index contributed by atoms with van der Waals surface area (Å²) in [7, 11) is 0. The molecular formula is C17H21N3O. The van der Waals surface area contributed by atoms with Crippen molar-refractivity contribution in [3.8, 4) is 0 Å². The number of rotatable bonds is 6. The number of nitrogens with zero attached hydrogens (tertiary/aromatic N) is 2. The van der Waals surface area contributed by atoms with Crippen LogP contribution in [0, 0.1) is 0 Å². The van der Waals surface area contributed by atoms with Crippen LogP contribution < -0.4 is 5.73 Å². The van der Waals surface area contributed by atoms with E-state index in [-0.39, 0.29) is 5.91 Å². The van der Waals surface area contributed by atoms with Crippen LogP contribution in [0.3, 0.4) is 0 Å². The van der Waals surface area contributed by atoms with E-state index in [2.05, 4.69) is 17.1 Å². The molecule has 1 amide bonds. The summed E-state index contributed by atoms with van der Waals surface area (Å²) in [5, 5.41) is 0. The van der Waals surface area contributed by atoms with Crippen LogP contribution in [0.25, 0.3) is 0 Å². The van der Waals surface area contributed by atoms with Crippen LogP contribution in [-0.4, -0.2) is 28.9 Å². The van der Waals surface area contributed by atoms with Gasteiger partial charge in [-0.15, -0.1) is 0 Å². The molecular weight excluding hydrogens is 262 g/mol. The number of nitrogens with two attached hydrogens (primary N) is 1. The van der Waals surface area contributed by atoms with Crippen molar-refractivity contribution in [3.05, 3.63) is 59.9 Å². The summed E-state index contributed by atoms with van der Waals surface area (Å²) >= 11 is 0. The molecule has 0 radical (unpaired) electrons. The number of hydrogen-bond acceptors (Lipinski definition) is 3. The number of anilines is 1. The van der Waals surface area contributed by atoms with E-state index < -0.39 is 0 Å². The predicted octanol–water partition coefficient (Wildman–Crippen LogP) is 2.30. The minimum atomic E-state index is 0.103. The van der Waals surface area contributed by atoms with Gasteiger partial charge >= 0.3 is 0 Å². The number of pyridine rings is 1. The highest BCUT2D eigenvalue weighted by molar-refractivity contribution is 5.78. The maximum atomic E-state index is 12.3. The summed E-state index contributed by atoms with van der Waals surface area (Å²) in [5.74, 6) is 0.103. The van der Waals surface area contributed by atoms with Crippen LogP contribution in [0.2, 0.25) is 0 Å². The largest absolute Gasteiger partial charge is 0.397 e. The molecule has 0 aliphatic carbocycles. The molecule has 1 aromatic heterocycles. The molecule has 2 aromatic rings. The van der Waals surface area contributed by atoms with Crippen LogP contribution in [-0.2, 0) is 17.6 Å². The standard InChI is InChI=1S/C17H21N3O/c1-2-20(11-10-14-6-4-3-5-7-14)17(21)12-16-9-8-15(18)13-19-16/h3-9,13H,2,10-12,18H2,1H3. The van der Waals surface area contributed by atoms with Crippen LogP contribution >= 0.6 is 0 Å². The van der Waals surface area contributed by atoms with Crippen LogP contribution in [0.4, 0.5) is 5.69 Å². The lowest BCUT2D eigenvalue weighted by Crippen LogP contribution is -2.34. The van der Waals surface area contributed by atoms with Gasteiger partial charge in [-0.1, -0.05) is 30.3 Å². The molecule has 0 aliphatic heterocycles. The normalized spacial score (nSPS) is 10.3. The van der Waals surface area contributed by atoms with Gasteiger partial charge in [0.2, 0.25) is 5.91 Å². The molecule has 110 valence electrons. The second-order valence-corrected chi connectivity index (χ2v) is 4.97. The van der Waals surface area contributed by atoms with E-state index in [1.165, 1.54) is 5.56 Å². The summed E-state index contributed by atoms with van der Waals surface area (Å²) in [6.45, 7) is 3.44. The van der Waals surface area contributed by atoms with Crippen molar-refractivity contribution in [2.75, 3.05) is 18.8 Å². The fraction of sp³-hybridized carbons (Fsp3) is 0.294. The van der Waals surface area contributed by atoms with Gasteiger partial charge in [0.25, 0.3) is 0 Å². The predicted molar refractivity (Wildman–Crippen MR) is 84.8 cm³/mol. The average molecular weight is 283 g/mol. The van der Waals surface area contributed by atoms with Gasteiger partial charge in [0.05, 0.1) is 18.3 Å². The van der Waals surface area contributed by atoms with Crippen molar-refractivity contribution in [3.63, 3.8) is 0 Å². The van der Waals surface area contributed by atoms with Crippen molar-refractivity contribution < 1.29 is 4.79 Å². The van der Waals surface area contributed by atoms with E-state index in [0.29, 0.717) is 18.7 Å². The molecule has 4 nitrogen and oxygen atoms in total. The topological polar surface area (TPSA) is 59.2 Å². The van der Waals surface area contributed by atoms with Crippen LogP contribution in [0.1, 0.15) is 18.2 Å². The molecule has 0 atom stereocenters. The molecule has 1 aromatic carbocycles. The number of hydrogen-bond donors (Lipinski definition) is 1. The fourth-order valence-electron chi connectivity index (χ4n) is 2.18. The van der Waals surface area contributed by atoms with Gasteiger partial charge in [-0.3, -0.25) is 9.78 Å². The molecule has 21 heavy (non-hydrogen) atoms. The molecule has 0 unspecified atom stereocenters. The third-order valence-corrected chi connectivity index (χ3v) is 3.43. The summed E-state index contributed by atoms with van der Waals surface area (Å²) < 4.78 is 0. The van der Waals surface area contributed by atoms with Crippen molar-refractivity contribution in [2.24, 2.45) is 0 Å². The number of nitrogen functional groups attached to an aromatic ring is 1. The van der Waals surface area contributed by atoms with E-state index in [9.17, 15) is 4.79 Å². The smallest absolute Gasteiger partial charge is 0.228 e. The zero-order valence-corrected chi connectivity index (χ0v) is 12.3. The van der Waals surface area contributed by atoms with Gasteiger partial charge in [-0.2, -0.15) is 0 Å². The Morgan fingerprint density at radius 3 is 2.57 bits per heavy atom. The lowest BCUT2D eigenvalue weighted by molar-refractivity contribution is -0.130. The highest BCUT2D eigenvalue weighted by atomic mass is 16.2. The highest BCUT2D eigenvalue weighted by Crippen LogP contribution is 2.06. The first-order valence-corrected chi connectivity index (χ1v) is 7.21. The number of carbonyl (C=O) groups excluding carboxylic acids is 1. The van der Waals surface area contributed by atoms with E-state index in [1.807, 2.05) is 30.0 Å². The Hall–Kier alpha value is -2.36. The van der Waals surface area contributed by atoms with Crippen molar-refractivity contribution in [1.82, 2.24) is 9.88 Å². The number of carbonyl (C=O) groups is 1. The monoisotopic (exact) mass is 283 g/mol. The number of aromatic nitrogens is 1. The summed E-state index contributed by atoms with van der Waals surface area (Å²) in [6, 6.07) is 13.8. The molecule has 0 spiro atoms. The van der Waals surface area contributed by atoms with Gasteiger partial charge in [-0.05, 0) is 31.0 Å². The molecule has 4 heteroatoms. The lowest BCUT2D eigenvalue weighted by atomic mass is 10.1. The lowest BCUT2D eigenvalue weighted by Gasteiger charge is -2.20. The molecule has 0 saturated heterocycles. The van der Waals surface area contributed by atoms with Gasteiger partial charge in [0.15, 0.2) is 0 Å². The Morgan fingerprint density at radius 1 is 1.19 bits per heavy atom. The quantitative estimate of drug-likeness (QED) is 0.885. The van der Waals surface area contributed by atoms with Crippen LogP contribution in [0.15, 0.2) is 48.7 Å². The van der Waals surface area contributed by atoms with Gasteiger partial charge < -0.3 is 10.6 Å². The number of benzene rings is 1. The first-order valence-electron chi connectivity index (χ1n) is 7.21. The van der Waals surface area contributed by atoms with Crippen molar-refractivity contribution >= 4 is 11.6 Å². The SMILES string of the molecule is CCN(CCc1ccccc1)C(=O)Cc1ccc(N)cn1. The van der Waals surface area contributed by atoms with E-state index in [1.54, 1.807) is 18.3 Å². The summed E-state index contributed by atoms with van der Waals surface area (Å²) in [6.07, 6.45) is 2.78. The molecule has 2 rings (SSSR count). The zero-order chi connectivity index (χ0) is 15.1. The molecule has 0 fully saturated rings. The molecule has 0 bridgehead atoms. The number of likely N-dealkylation sites (N-methyl/N-ethyl adjacent to an activating group) is 1. The summed E-state index contributed by atoms with van der Waals surface area (Å²) in [4.78, 5) is 18.4. The second kappa shape index (κ2) is 7.43. The minimum absolute atomic E-state index is 0.103. The molecule has 0 saturated carbocycles. The maximum Gasteiger partial charge on any atom is 0.228 e. The first kappa shape index (κ1) is 15.0. The van der Waals surface area contributed by atoms with Gasteiger partial charge in [0.1, 0.15) is 0 Å². The average Bonchev–Trinajstić information content (AvgIpc) is 2.51. The number of amides is 1. The van der Waals surface area contributed by atoms with Crippen LogP contribution in [0.5, 0.6) is 0 Å². The second-order valence-electron chi connectivity index (χ2n) is 4.97. The Labute approximate surface area is 125 Å². The Morgan fingerprint density at radius 2 is 1.95 bits per heavy atom. The maximum absolute atomic E-state index is 12.3. The fourth-order valence-corrected chi connectivity index (χ4v) is 2.18. The molecule has 2 N–H and O–H groups in total. The van der Waals surface area contributed by atoms with Gasteiger partial charge in [-0.25, -0.2) is 0 Å². The Bertz CT molecular complexity index is 566. The molecule has 0 aliphatic rings. The first-order chi connectivity index (χ1) is 10.2. The zero-order valence-electron chi connectivity index (χ0n) is 12.3. The Balaban J connectivity index is 1.90. The van der Waals surface area contributed by atoms with E-state index >= 15 is 0 Å². The van der Waals surface area contributed by atoms with Crippen molar-refractivity contribution in [1.29, 1.82) is 0 Å². The minimum Gasteiger partial charge on any atom is -0.397 e. The third kappa shape index (κ3) is 4.60. The van der Waals surface area contributed by atoms with Crippen molar-refractivity contribution in [2.45, 2.75) is 19.8 Å². The van der Waals surface area contributed by atoms with Gasteiger partial charge in [0, 0.05) is 18.8 Å².